The van der Waals surface area contributed by atoms with Crippen LogP contribution in [0.1, 0.15) is 44.6 Å². The lowest BCUT2D eigenvalue weighted by Gasteiger charge is -2.50. The second-order valence-electron chi connectivity index (χ2n) is 8.39. The first-order chi connectivity index (χ1) is 12.1. The summed E-state index contributed by atoms with van der Waals surface area (Å²) in [6.07, 6.45) is 9.39. The van der Waals surface area contributed by atoms with E-state index in [1.54, 1.807) is 12.4 Å². The number of fused-ring (bicyclic) bond motifs is 2. The van der Waals surface area contributed by atoms with Crippen molar-refractivity contribution in [2.24, 2.45) is 23.2 Å². The van der Waals surface area contributed by atoms with Crippen LogP contribution in [0.3, 0.4) is 0 Å². The highest BCUT2D eigenvalue weighted by Gasteiger charge is 2.54. The Morgan fingerprint density at radius 1 is 1.40 bits per heavy atom. The minimum atomic E-state index is -0.0221. The zero-order chi connectivity index (χ0) is 17.4. The lowest BCUT2D eigenvalue weighted by molar-refractivity contribution is -0.146. The average molecular weight is 340 g/mol. The van der Waals surface area contributed by atoms with Crippen molar-refractivity contribution in [2.45, 2.75) is 51.7 Å². The Labute approximate surface area is 150 Å². The Hall–Kier alpha value is -1.68. The van der Waals surface area contributed by atoms with E-state index >= 15 is 0 Å². The van der Waals surface area contributed by atoms with Gasteiger partial charge in [-0.1, -0.05) is 19.1 Å². The van der Waals surface area contributed by atoms with Crippen molar-refractivity contribution in [3.63, 3.8) is 0 Å². The number of hydrogen-bond donors (Lipinski definition) is 1. The normalized spacial score (nSPS) is 37.3. The molecule has 1 aromatic rings. The quantitative estimate of drug-likeness (QED) is 0.673. The van der Waals surface area contributed by atoms with E-state index in [0.29, 0.717) is 18.4 Å². The molecule has 2 aliphatic carbocycles. The third-order valence-corrected chi connectivity index (χ3v) is 6.76. The summed E-state index contributed by atoms with van der Waals surface area (Å²) >= 11 is 0. The average Bonchev–Trinajstić information content (AvgIpc) is 2.88. The molecule has 4 heteroatoms. The Kier molecular flexibility index (Phi) is 4.40. The topological polar surface area (TPSA) is 51.2 Å². The van der Waals surface area contributed by atoms with Gasteiger partial charge in [-0.25, -0.2) is 0 Å². The number of hydrogen-bond acceptors (Lipinski definition) is 4. The Bertz CT molecular complexity index is 659. The van der Waals surface area contributed by atoms with Gasteiger partial charge < -0.3 is 10.1 Å². The predicted molar refractivity (Wildman–Crippen MR) is 96.6 cm³/mol. The zero-order valence-electron chi connectivity index (χ0n) is 15.0. The van der Waals surface area contributed by atoms with Crippen molar-refractivity contribution < 1.29 is 9.53 Å². The van der Waals surface area contributed by atoms with Crippen molar-refractivity contribution in [3.05, 3.63) is 42.2 Å². The number of carbonyl (C=O) groups is 1. The van der Waals surface area contributed by atoms with Crippen LogP contribution in [-0.4, -0.2) is 23.6 Å². The third kappa shape index (κ3) is 3.12. The molecule has 3 aliphatic rings. The molecule has 4 rings (SSSR count). The molecule has 1 N–H and O–H groups in total. The summed E-state index contributed by atoms with van der Waals surface area (Å²) in [5.41, 5.74) is 2.86. The highest BCUT2D eigenvalue weighted by Crippen LogP contribution is 2.56. The molecule has 2 heterocycles. The van der Waals surface area contributed by atoms with Crippen LogP contribution in [0.4, 0.5) is 0 Å². The van der Waals surface area contributed by atoms with Gasteiger partial charge in [-0.3, -0.25) is 9.78 Å². The van der Waals surface area contributed by atoms with Gasteiger partial charge in [0.15, 0.2) is 0 Å². The van der Waals surface area contributed by atoms with Gasteiger partial charge in [0.2, 0.25) is 0 Å². The molecule has 1 aromatic heterocycles. The first-order valence-electron chi connectivity index (χ1n) is 9.54. The molecule has 4 nitrogen and oxygen atoms in total. The number of rotatable bonds is 4. The molecule has 25 heavy (non-hydrogen) atoms. The van der Waals surface area contributed by atoms with Gasteiger partial charge in [-0.2, -0.15) is 0 Å². The number of allylic oxidation sites excluding steroid dienone is 1. The van der Waals surface area contributed by atoms with Crippen LogP contribution in [0.5, 0.6) is 0 Å². The molecular formula is C21H28N2O2. The van der Waals surface area contributed by atoms with Crippen LogP contribution in [0, 0.1) is 23.2 Å². The molecule has 0 radical (unpaired) electrons. The van der Waals surface area contributed by atoms with E-state index in [4.69, 9.17) is 4.74 Å². The van der Waals surface area contributed by atoms with Gasteiger partial charge in [-0.05, 0) is 61.1 Å². The van der Waals surface area contributed by atoms with Crippen molar-refractivity contribution >= 4 is 5.97 Å². The number of esters is 1. The van der Waals surface area contributed by atoms with Crippen LogP contribution >= 0.6 is 0 Å². The molecule has 0 aromatic carbocycles. The SMILES string of the molecule is C=C1CCC[C@]2(C)C[C@H]3OC(=O)[C@@H](CNCc4ccncc4)[C@@H]3C[C@@H]12. The highest BCUT2D eigenvalue weighted by molar-refractivity contribution is 5.75. The number of aromatic nitrogens is 1. The number of nitrogens with zero attached hydrogens (tertiary/aromatic N) is 1. The van der Waals surface area contributed by atoms with Crippen molar-refractivity contribution in [2.75, 3.05) is 6.54 Å². The van der Waals surface area contributed by atoms with Gasteiger partial charge in [0.25, 0.3) is 0 Å². The molecule has 3 fully saturated rings. The molecule has 0 spiro atoms. The van der Waals surface area contributed by atoms with Crippen LogP contribution in [0.15, 0.2) is 36.7 Å². The molecule has 1 aliphatic heterocycles. The zero-order valence-corrected chi connectivity index (χ0v) is 15.0. The Morgan fingerprint density at radius 3 is 3.00 bits per heavy atom. The van der Waals surface area contributed by atoms with E-state index in [1.807, 2.05) is 12.1 Å². The van der Waals surface area contributed by atoms with Gasteiger partial charge >= 0.3 is 5.97 Å². The second kappa shape index (κ2) is 6.56. The number of nitrogens with one attached hydrogen (secondary N) is 1. The summed E-state index contributed by atoms with van der Waals surface area (Å²) in [5, 5.41) is 3.45. The van der Waals surface area contributed by atoms with Crippen LogP contribution in [0.2, 0.25) is 0 Å². The molecule has 1 saturated heterocycles. The summed E-state index contributed by atoms with van der Waals surface area (Å²) in [5.74, 6) is 0.862. The fraction of sp³-hybridized carbons (Fsp3) is 0.619. The van der Waals surface area contributed by atoms with Gasteiger partial charge in [0, 0.05) is 31.4 Å². The van der Waals surface area contributed by atoms with E-state index in [9.17, 15) is 4.79 Å². The maximum atomic E-state index is 12.5. The molecule has 5 atom stereocenters. The minimum Gasteiger partial charge on any atom is -0.462 e. The Morgan fingerprint density at radius 2 is 2.20 bits per heavy atom. The Balaban J connectivity index is 1.42. The van der Waals surface area contributed by atoms with E-state index in [0.717, 1.165) is 25.8 Å². The molecule has 2 saturated carbocycles. The molecule has 0 bridgehead atoms. The van der Waals surface area contributed by atoms with Gasteiger partial charge in [0.05, 0.1) is 5.92 Å². The summed E-state index contributed by atoms with van der Waals surface area (Å²) in [4.78, 5) is 16.5. The third-order valence-electron chi connectivity index (χ3n) is 6.76. The van der Waals surface area contributed by atoms with Crippen LogP contribution in [0.25, 0.3) is 0 Å². The smallest absolute Gasteiger partial charge is 0.310 e. The summed E-state index contributed by atoms with van der Waals surface area (Å²) < 4.78 is 5.81. The second-order valence-corrected chi connectivity index (χ2v) is 8.39. The van der Waals surface area contributed by atoms with Gasteiger partial charge in [-0.15, -0.1) is 0 Å². The monoisotopic (exact) mass is 340 g/mol. The van der Waals surface area contributed by atoms with E-state index in [-0.39, 0.29) is 23.4 Å². The van der Waals surface area contributed by atoms with Crippen LogP contribution in [-0.2, 0) is 16.1 Å². The molecule has 134 valence electrons. The number of carbonyl (C=O) groups excluding carboxylic acids is 1. The van der Waals surface area contributed by atoms with E-state index < -0.39 is 0 Å². The first-order valence-corrected chi connectivity index (χ1v) is 9.54. The highest BCUT2D eigenvalue weighted by atomic mass is 16.6. The number of pyridine rings is 1. The molecular weight excluding hydrogens is 312 g/mol. The lowest BCUT2D eigenvalue weighted by Crippen LogP contribution is -2.45. The maximum absolute atomic E-state index is 12.5. The first kappa shape index (κ1) is 16.8. The van der Waals surface area contributed by atoms with Crippen molar-refractivity contribution in [3.8, 4) is 0 Å². The van der Waals surface area contributed by atoms with Crippen LogP contribution < -0.4 is 5.32 Å². The summed E-state index contributed by atoms with van der Waals surface area (Å²) in [7, 11) is 0. The fourth-order valence-electron chi connectivity index (χ4n) is 5.36. The maximum Gasteiger partial charge on any atom is 0.310 e. The molecule has 0 amide bonds. The largest absolute Gasteiger partial charge is 0.462 e. The summed E-state index contributed by atoms with van der Waals surface area (Å²) in [6, 6.07) is 4.00. The van der Waals surface area contributed by atoms with Gasteiger partial charge in [0.1, 0.15) is 6.10 Å². The van der Waals surface area contributed by atoms with E-state index in [2.05, 4.69) is 23.8 Å². The minimum absolute atomic E-state index is 0.00918. The van der Waals surface area contributed by atoms with E-state index in [1.165, 1.54) is 24.0 Å². The summed E-state index contributed by atoms with van der Waals surface area (Å²) in [6.45, 7) is 8.19. The lowest BCUT2D eigenvalue weighted by atomic mass is 9.55. The standard InChI is InChI=1S/C21H28N2O2/c1-14-4-3-7-21(2)11-19-16(10-18(14)21)17(20(24)25-19)13-23-12-15-5-8-22-9-6-15/h5-6,8-9,16-19,23H,1,3-4,7,10-13H2,2H3/t16-,17-,18-,19+,21+/m0/s1. The predicted octanol–water partition coefficient (Wildman–Crippen LogP) is 3.49. The molecule has 0 unspecified atom stereocenters. The van der Waals surface area contributed by atoms with Crippen molar-refractivity contribution in [1.82, 2.24) is 10.3 Å². The van der Waals surface area contributed by atoms with Crippen molar-refractivity contribution in [1.29, 1.82) is 0 Å². The fourth-order valence-corrected chi connectivity index (χ4v) is 5.36. The number of ether oxygens (including phenoxy) is 1.